The van der Waals surface area contributed by atoms with Gasteiger partial charge in [-0.15, -0.1) is 11.6 Å². The summed E-state index contributed by atoms with van der Waals surface area (Å²) < 4.78 is 0. The molecule has 84 valence electrons. The fourth-order valence-electron chi connectivity index (χ4n) is 1.38. The molecular weight excluding hydrogens is 206 g/mol. The van der Waals surface area contributed by atoms with Crippen molar-refractivity contribution in [1.29, 1.82) is 0 Å². The summed E-state index contributed by atoms with van der Waals surface area (Å²) in [6.45, 7) is 7.36. The van der Waals surface area contributed by atoms with Gasteiger partial charge in [0.2, 0.25) is 0 Å². The first-order chi connectivity index (χ1) is 7.11. The van der Waals surface area contributed by atoms with Crippen LogP contribution in [0.1, 0.15) is 31.4 Å². The highest BCUT2D eigenvalue weighted by atomic mass is 35.5. The molecule has 0 saturated carbocycles. The van der Waals surface area contributed by atoms with Gasteiger partial charge in [-0.3, -0.25) is 0 Å². The van der Waals surface area contributed by atoms with Gasteiger partial charge in [0, 0.05) is 18.0 Å². The fourth-order valence-corrected chi connectivity index (χ4v) is 1.67. The van der Waals surface area contributed by atoms with Crippen molar-refractivity contribution >= 4 is 11.6 Å². The number of nitrogens with one attached hydrogen (secondary N) is 1. The molecule has 0 spiro atoms. The van der Waals surface area contributed by atoms with Crippen LogP contribution in [-0.4, -0.2) is 11.4 Å². The zero-order valence-electron chi connectivity index (χ0n) is 9.81. The number of halogens is 1. The van der Waals surface area contributed by atoms with Crippen molar-refractivity contribution in [3.63, 3.8) is 0 Å². The molecule has 2 heteroatoms. The first-order valence-electron chi connectivity index (χ1n) is 5.47. The second-order valence-electron chi connectivity index (χ2n) is 4.33. The second kappa shape index (κ2) is 5.53. The van der Waals surface area contributed by atoms with E-state index in [0.29, 0.717) is 5.88 Å². The molecule has 0 radical (unpaired) electrons. The van der Waals surface area contributed by atoms with Gasteiger partial charge in [-0.2, -0.15) is 0 Å². The Balaban J connectivity index is 2.61. The Morgan fingerprint density at radius 3 is 2.53 bits per heavy atom. The molecule has 1 atom stereocenters. The van der Waals surface area contributed by atoms with Gasteiger partial charge >= 0.3 is 0 Å². The predicted octanol–water partition coefficient (Wildman–Crippen LogP) is 3.49. The molecule has 1 nitrogen and oxygen atoms in total. The van der Waals surface area contributed by atoms with Crippen molar-refractivity contribution in [2.75, 3.05) is 5.88 Å². The molecule has 0 bridgehead atoms. The smallest absolute Gasteiger partial charge is 0.0403 e. The van der Waals surface area contributed by atoms with Crippen LogP contribution in [-0.2, 0) is 6.54 Å². The van der Waals surface area contributed by atoms with Crippen LogP contribution in [0.15, 0.2) is 24.3 Å². The van der Waals surface area contributed by atoms with Crippen molar-refractivity contribution in [2.24, 2.45) is 0 Å². The summed E-state index contributed by atoms with van der Waals surface area (Å²) in [5, 5.41) is 3.52. The number of alkyl halides is 1. The molecule has 0 aliphatic carbocycles. The minimum atomic E-state index is 0.0455. The molecule has 1 rings (SSSR count). The number of benzene rings is 1. The SMILES string of the molecule is CCC(C)(CCl)NCc1ccccc1C. The summed E-state index contributed by atoms with van der Waals surface area (Å²) in [4.78, 5) is 0. The van der Waals surface area contributed by atoms with Crippen molar-refractivity contribution in [2.45, 2.75) is 39.3 Å². The average Bonchev–Trinajstić information content (AvgIpc) is 2.28. The van der Waals surface area contributed by atoms with Gasteiger partial charge in [-0.1, -0.05) is 31.2 Å². The lowest BCUT2D eigenvalue weighted by Gasteiger charge is -2.27. The summed E-state index contributed by atoms with van der Waals surface area (Å²) in [5.41, 5.74) is 2.73. The minimum Gasteiger partial charge on any atom is -0.306 e. The Labute approximate surface area is 97.8 Å². The number of aryl methyl sites for hydroxylation is 1. The van der Waals surface area contributed by atoms with E-state index in [-0.39, 0.29) is 5.54 Å². The molecule has 1 aromatic carbocycles. The van der Waals surface area contributed by atoms with E-state index in [1.807, 2.05) is 0 Å². The van der Waals surface area contributed by atoms with Crippen LogP contribution in [0.25, 0.3) is 0 Å². The Kier molecular flexibility index (Phi) is 4.62. The molecule has 0 aliphatic rings. The third kappa shape index (κ3) is 3.51. The van der Waals surface area contributed by atoms with E-state index in [4.69, 9.17) is 11.6 Å². The lowest BCUT2D eigenvalue weighted by Crippen LogP contribution is -2.43. The van der Waals surface area contributed by atoms with Crippen molar-refractivity contribution in [3.05, 3.63) is 35.4 Å². The second-order valence-corrected chi connectivity index (χ2v) is 4.60. The van der Waals surface area contributed by atoms with Crippen LogP contribution in [0.4, 0.5) is 0 Å². The van der Waals surface area contributed by atoms with Crippen LogP contribution in [0, 0.1) is 6.92 Å². The van der Waals surface area contributed by atoms with Gasteiger partial charge < -0.3 is 5.32 Å². The van der Waals surface area contributed by atoms with Crippen molar-refractivity contribution < 1.29 is 0 Å². The Bertz CT molecular complexity index is 305. The number of rotatable bonds is 5. The lowest BCUT2D eigenvalue weighted by atomic mass is 10.0. The van der Waals surface area contributed by atoms with Gasteiger partial charge in [0.05, 0.1) is 0 Å². The Morgan fingerprint density at radius 2 is 2.00 bits per heavy atom. The van der Waals surface area contributed by atoms with Crippen LogP contribution < -0.4 is 5.32 Å². The third-order valence-electron chi connectivity index (χ3n) is 3.04. The van der Waals surface area contributed by atoms with Gasteiger partial charge in [0.1, 0.15) is 0 Å². The van der Waals surface area contributed by atoms with E-state index in [0.717, 1.165) is 13.0 Å². The molecule has 15 heavy (non-hydrogen) atoms. The maximum Gasteiger partial charge on any atom is 0.0403 e. The van der Waals surface area contributed by atoms with Crippen molar-refractivity contribution in [3.8, 4) is 0 Å². The minimum absolute atomic E-state index is 0.0455. The number of hydrogen-bond donors (Lipinski definition) is 1. The molecule has 0 aliphatic heterocycles. The standard InChI is InChI=1S/C13H20ClN/c1-4-13(3,10-14)15-9-12-8-6-5-7-11(12)2/h5-8,15H,4,9-10H2,1-3H3. The largest absolute Gasteiger partial charge is 0.306 e. The van der Waals surface area contributed by atoms with Gasteiger partial charge in [-0.25, -0.2) is 0 Å². The molecule has 0 fully saturated rings. The van der Waals surface area contributed by atoms with Crippen LogP contribution in [0.5, 0.6) is 0 Å². The quantitative estimate of drug-likeness (QED) is 0.757. The first-order valence-corrected chi connectivity index (χ1v) is 6.00. The van der Waals surface area contributed by atoms with Crippen LogP contribution in [0.2, 0.25) is 0 Å². The van der Waals surface area contributed by atoms with Gasteiger partial charge in [-0.05, 0) is 31.4 Å². The normalized spacial score (nSPS) is 14.9. The molecule has 0 aromatic heterocycles. The molecule has 1 aromatic rings. The summed E-state index contributed by atoms with van der Waals surface area (Å²) in [6, 6.07) is 8.45. The maximum atomic E-state index is 5.95. The van der Waals surface area contributed by atoms with Crippen molar-refractivity contribution in [1.82, 2.24) is 5.32 Å². The molecule has 0 heterocycles. The van der Waals surface area contributed by atoms with E-state index in [2.05, 4.69) is 50.4 Å². The highest BCUT2D eigenvalue weighted by molar-refractivity contribution is 6.18. The zero-order valence-corrected chi connectivity index (χ0v) is 10.6. The Hall–Kier alpha value is -0.530. The molecule has 0 amide bonds. The summed E-state index contributed by atoms with van der Waals surface area (Å²) in [7, 11) is 0. The number of hydrogen-bond acceptors (Lipinski definition) is 1. The highest BCUT2D eigenvalue weighted by Crippen LogP contribution is 2.14. The van der Waals surface area contributed by atoms with Crippen LogP contribution >= 0.6 is 11.6 Å². The van der Waals surface area contributed by atoms with Gasteiger partial charge in [0.15, 0.2) is 0 Å². The third-order valence-corrected chi connectivity index (χ3v) is 3.63. The van der Waals surface area contributed by atoms with E-state index < -0.39 is 0 Å². The monoisotopic (exact) mass is 225 g/mol. The topological polar surface area (TPSA) is 12.0 Å². The Morgan fingerprint density at radius 1 is 1.33 bits per heavy atom. The summed E-state index contributed by atoms with van der Waals surface area (Å²) >= 11 is 5.95. The highest BCUT2D eigenvalue weighted by Gasteiger charge is 2.19. The maximum absolute atomic E-state index is 5.95. The summed E-state index contributed by atoms with van der Waals surface area (Å²) in [5.74, 6) is 0.648. The lowest BCUT2D eigenvalue weighted by molar-refractivity contribution is 0.379. The molecule has 1 unspecified atom stereocenters. The fraction of sp³-hybridized carbons (Fsp3) is 0.538. The molecule has 0 saturated heterocycles. The van der Waals surface area contributed by atoms with E-state index in [1.54, 1.807) is 0 Å². The van der Waals surface area contributed by atoms with E-state index in [1.165, 1.54) is 11.1 Å². The van der Waals surface area contributed by atoms with E-state index >= 15 is 0 Å². The molecular formula is C13H20ClN. The molecule has 1 N–H and O–H groups in total. The predicted molar refractivity (Wildman–Crippen MR) is 67.4 cm³/mol. The van der Waals surface area contributed by atoms with Crippen LogP contribution in [0.3, 0.4) is 0 Å². The summed E-state index contributed by atoms with van der Waals surface area (Å²) in [6.07, 6.45) is 1.04. The van der Waals surface area contributed by atoms with Gasteiger partial charge in [0.25, 0.3) is 0 Å². The average molecular weight is 226 g/mol. The van der Waals surface area contributed by atoms with E-state index in [9.17, 15) is 0 Å². The first kappa shape index (κ1) is 12.5. The zero-order chi connectivity index (χ0) is 11.3.